The van der Waals surface area contributed by atoms with Gasteiger partial charge in [0.05, 0.1) is 19.3 Å². The molecule has 2 bridgehead atoms. The molecule has 33 heavy (non-hydrogen) atoms. The number of carbonyl (C=O) groups is 2. The summed E-state index contributed by atoms with van der Waals surface area (Å²) < 4.78 is 7.06. The molecule has 7 nitrogen and oxygen atoms in total. The lowest BCUT2D eigenvalue weighted by Crippen LogP contribution is -2.66. The number of quaternary nitrogens is 1. The van der Waals surface area contributed by atoms with Crippen molar-refractivity contribution in [3.63, 3.8) is 0 Å². The summed E-state index contributed by atoms with van der Waals surface area (Å²) >= 11 is 1.68. The minimum Gasteiger partial charge on any atom is -0.455 e. The van der Waals surface area contributed by atoms with Crippen molar-refractivity contribution in [1.29, 1.82) is 0 Å². The zero-order valence-electron chi connectivity index (χ0n) is 19.1. The number of aromatic nitrogens is 2. The Morgan fingerprint density at radius 1 is 1.15 bits per heavy atom. The van der Waals surface area contributed by atoms with Crippen LogP contribution in [0.25, 0.3) is 0 Å². The van der Waals surface area contributed by atoms with Crippen molar-refractivity contribution in [2.45, 2.75) is 62.9 Å². The number of ether oxygens (including phenoxy) is 1. The van der Waals surface area contributed by atoms with E-state index in [1.54, 1.807) is 29.9 Å². The number of esters is 1. The molecule has 176 valence electrons. The average Bonchev–Trinajstić information content (AvgIpc) is 3.25. The highest BCUT2D eigenvalue weighted by molar-refractivity contribution is 7.10. The molecule has 1 amide bonds. The molecule has 0 unspecified atom stereocenters. The minimum atomic E-state index is -0.495. The Kier molecular flexibility index (Phi) is 6.47. The van der Waals surface area contributed by atoms with Crippen LogP contribution >= 0.6 is 11.3 Å². The lowest BCUT2D eigenvalue weighted by Gasteiger charge is -2.52. The number of hydrogen-bond acceptors (Lipinski definition) is 6. The standard InChI is InChI=1S/C25H32N4O3S/c30-23(28-22-16-26-11-12-27-22)18-29-13-7-19(8-14-29)20(17-29)32-24(31)25(21-6-5-15-33-21)9-3-1-2-4-10-25/h5-6,11-12,15-16,19-20H,1-4,7-10,13-14,17-18H2/p+1/t19?,20-,29?/m1/s1. The second-order valence-corrected chi connectivity index (χ2v) is 11.0. The van der Waals surface area contributed by atoms with E-state index in [0.717, 1.165) is 63.0 Å². The molecule has 2 aromatic rings. The van der Waals surface area contributed by atoms with Crippen molar-refractivity contribution in [1.82, 2.24) is 9.97 Å². The van der Waals surface area contributed by atoms with Crippen LogP contribution in [0.2, 0.25) is 0 Å². The first-order valence-electron chi connectivity index (χ1n) is 12.2. The Morgan fingerprint density at radius 2 is 1.94 bits per heavy atom. The van der Waals surface area contributed by atoms with Crippen LogP contribution in [0, 0.1) is 5.92 Å². The Hall–Kier alpha value is -2.32. The van der Waals surface area contributed by atoms with E-state index in [1.807, 2.05) is 6.07 Å². The third-order valence-electron chi connectivity index (χ3n) is 7.95. The fraction of sp³-hybridized carbons (Fsp3) is 0.600. The van der Waals surface area contributed by atoms with Gasteiger partial charge >= 0.3 is 5.97 Å². The monoisotopic (exact) mass is 469 g/mol. The largest absolute Gasteiger partial charge is 0.455 e. The van der Waals surface area contributed by atoms with Crippen molar-refractivity contribution in [3.05, 3.63) is 41.0 Å². The summed E-state index contributed by atoms with van der Waals surface area (Å²) in [7, 11) is 0. The Morgan fingerprint density at radius 3 is 2.61 bits per heavy atom. The van der Waals surface area contributed by atoms with Gasteiger partial charge in [0.25, 0.3) is 5.91 Å². The first-order chi connectivity index (χ1) is 16.1. The minimum absolute atomic E-state index is 0.0345. The van der Waals surface area contributed by atoms with Crippen LogP contribution in [-0.4, -0.2) is 58.6 Å². The number of piperidine rings is 3. The molecule has 0 spiro atoms. The van der Waals surface area contributed by atoms with E-state index in [-0.39, 0.29) is 18.0 Å². The average molecular weight is 470 g/mol. The zero-order valence-corrected chi connectivity index (χ0v) is 19.9. The summed E-state index contributed by atoms with van der Waals surface area (Å²) in [5.74, 6) is 0.789. The third-order valence-corrected chi connectivity index (χ3v) is 9.02. The molecule has 0 aromatic carbocycles. The maximum atomic E-state index is 13.8. The van der Waals surface area contributed by atoms with Crippen molar-refractivity contribution < 1.29 is 18.8 Å². The van der Waals surface area contributed by atoms with Gasteiger partial charge < -0.3 is 14.5 Å². The van der Waals surface area contributed by atoms with Gasteiger partial charge in [0.1, 0.15) is 12.0 Å². The third kappa shape index (κ3) is 4.68. The first kappa shape index (κ1) is 22.5. The first-order valence-corrected chi connectivity index (χ1v) is 13.1. The normalized spacial score (nSPS) is 28.6. The molecule has 3 saturated heterocycles. The maximum Gasteiger partial charge on any atom is 0.317 e. The van der Waals surface area contributed by atoms with Crippen molar-refractivity contribution in [2.24, 2.45) is 5.92 Å². The van der Waals surface area contributed by atoms with E-state index in [1.165, 1.54) is 12.8 Å². The van der Waals surface area contributed by atoms with Crippen molar-refractivity contribution in [2.75, 3.05) is 31.5 Å². The fourth-order valence-corrected chi connectivity index (χ4v) is 7.09. The quantitative estimate of drug-likeness (QED) is 0.394. The number of nitrogens with one attached hydrogen (secondary N) is 1. The number of nitrogens with zero attached hydrogens (tertiary/aromatic N) is 3. The van der Waals surface area contributed by atoms with Crippen LogP contribution in [0.4, 0.5) is 5.82 Å². The SMILES string of the molecule is O=C(C[N+]12CCC(CC1)[C@H](OC(=O)C1(c3cccs3)CCCCCC1)C2)Nc1cnccn1. The fourth-order valence-electron chi connectivity index (χ4n) is 6.11. The van der Waals surface area contributed by atoms with E-state index in [2.05, 4.69) is 26.7 Å². The molecule has 1 atom stereocenters. The van der Waals surface area contributed by atoms with E-state index in [9.17, 15) is 9.59 Å². The summed E-state index contributed by atoms with van der Waals surface area (Å²) in [6.07, 6.45) is 12.9. The van der Waals surface area contributed by atoms with Crippen LogP contribution in [0.15, 0.2) is 36.1 Å². The number of thiophene rings is 1. The number of fused-ring (bicyclic) bond motifs is 3. The van der Waals surface area contributed by atoms with Gasteiger partial charge in [-0.05, 0) is 24.3 Å². The maximum absolute atomic E-state index is 13.8. The highest BCUT2D eigenvalue weighted by Crippen LogP contribution is 2.43. The summed E-state index contributed by atoms with van der Waals surface area (Å²) in [5, 5.41) is 4.94. The molecule has 6 rings (SSSR count). The second-order valence-electron chi connectivity index (χ2n) is 10.0. The van der Waals surface area contributed by atoms with Gasteiger partial charge in [-0.1, -0.05) is 31.7 Å². The molecule has 3 aliphatic heterocycles. The van der Waals surface area contributed by atoms with Crippen LogP contribution < -0.4 is 5.32 Å². The molecule has 1 aliphatic carbocycles. The van der Waals surface area contributed by atoms with Gasteiger partial charge in [0, 0.05) is 36.0 Å². The van der Waals surface area contributed by atoms with E-state index in [4.69, 9.17) is 4.74 Å². The van der Waals surface area contributed by atoms with Crippen LogP contribution in [0.1, 0.15) is 56.2 Å². The predicted molar refractivity (Wildman–Crippen MR) is 127 cm³/mol. The Labute approximate surface area is 199 Å². The van der Waals surface area contributed by atoms with Crippen LogP contribution in [0.3, 0.4) is 0 Å². The lowest BCUT2D eigenvalue weighted by molar-refractivity contribution is -0.939. The molecule has 2 aromatic heterocycles. The summed E-state index contributed by atoms with van der Waals surface area (Å²) in [6.45, 7) is 3.03. The van der Waals surface area contributed by atoms with Gasteiger partial charge in [0.15, 0.2) is 18.5 Å². The highest BCUT2D eigenvalue weighted by atomic mass is 32.1. The molecule has 1 saturated carbocycles. The van der Waals surface area contributed by atoms with Gasteiger partial charge in [-0.3, -0.25) is 14.6 Å². The number of hydrogen-bond donors (Lipinski definition) is 1. The molecule has 4 fully saturated rings. The number of amides is 1. The molecular weight excluding hydrogens is 436 g/mol. The van der Waals surface area contributed by atoms with Gasteiger partial charge in [-0.15, -0.1) is 11.3 Å². The second kappa shape index (κ2) is 9.50. The van der Waals surface area contributed by atoms with Gasteiger partial charge in [-0.2, -0.15) is 0 Å². The summed E-state index contributed by atoms with van der Waals surface area (Å²) in [5.41, 5.74) is -0.495. The molecule has 4 aliphatic rings. The van der Waals surface area contributed by atoms with Crippen molar-refractivity contribution in [3.8, 4) is 0 Å². The zero-order chi connectivity index (χ0) is 22.7. The highest BCUT2D eigenvalue weighted by Gasteiger charge is 2.51. The predicted octanol–water partition coefficient (Wildman–Crippen LogP) is 3.92. The number of carbonyl (C=O) groups excluding carboxylic acids is 2. The lowest BCUT2D eigenvalue weighted by atomic mass is 9.78. The smallest absolute Gasteiger partial charge is 0.317 e. The number of rotatable bonds is 6. The summed E-state index contributed by atoms with van der Waals surface area (Å²) in [6, 6.07) is 4.16. The summed E-state index contributed by atoms with van der Waals surface area (Å²) in [4.78, 5) is 35.9. The van der Waals surface area contributed by atoms with Crippen LogP contribution in [-0.2, 0) is 19.7 Å². The Bertz CT molecular complexity index is 949. The topological polar surface area (TPSA) is 81.2 Å². The molecule has 8 heteroatoms. The molecule has 1 N–H and O–H groups in total. The van der Waals surface area contributed by atoms with E-state index in [0.29, 0.717) is 22.8 Å². The van der Waals surface area contributed by atoms with E-state index >= 15 is 0 Å². The molecule has 5 heterocycles. The van der Waals surface area contributed by atoms with Gasteiger partial charge in [0.2, 0.25) is 0 Å². The number of anilines is 1. The molecular formula is C25H33N4O3S+. The van der Waals surface area contributed by atoms with E-state index < -0.39 is 5.41 Å². The molecule has 0 radical (unpaired) electrons. The van der Waals surface area contributed by atoms with Crippen molar-refractivity contribution >= 4 is 29.0 Å². The Balaban J connectivity index is 1.28. The van der Waals surface area contributed by atoms with Gasteiger partial charge in [-0.25, -0.2) is 4.98 Å². The van der Waals surface area contributed by atoms with Crippen LogP contribution in [0.5, 0.6) is 0 Å².